The van der Waals surface area contributed by atoms with E-state index in [-0.39, 0.29) is 11.0 Å². The molecule has 0 amide bonds. The van der Waals surface area contributed by atoms with E-state index in [4.69, 9.17) is 4.43 Å². The van der Waals surface area contributed by atoms with Gasteiger partial charge in [0.15, 0.2) is 0 Å². The van der Waals surface area contributed by atoms with Crippen molar-refractivity contribution < 1.29 is 9.22 Å². The molecule has 3 heteroatoms. The molecule has 2 nitrogen and oxygen atoms in total. The molecule has 0 saturated heterocycles. The highest BCUT2D eigenvalue weighted by Crippen LogP contribution is 2.42. The Labute approximate surface area is 94.8 Å². The maximum Gasteiger partial charge on any atom is 0.319 e. The zero-order valence-corrected chi connectivity index (χ0v) is 11.9. The van der Waals surface area contributed by atoms with Crippen LogP contribution in [0.4, 0.5) is 0 Å². The minimum Gasteiger partial charge on any atom is -0.516 e. The molecule has 0 N–H and O–H groups in total. The average Bonchev–Trinajstić information content (AvgIpc) is 2.02. The van der Waals surface area contributed by atoms with Crippen LogP contribution in [0.1, 0.15) is 40.5 Å². The summed E-state index contributed by atoms with van der Waals surface area (Å²) >= 11 is 0. The molecule has 88 valence electrons. The molecule has 0 saturated carbocycles. The fourth-order valence-corrected chi connectivity index (χ4v) is 3.15. The molecule has 0 aromatic rings. The van der Waals surface area contributed by atoms with Crippen LogP contribution < -0.4 is 0 Å². The third-order valence-corrected chi connectivity index (χ3v) is 7.41. The third-order valence-electron chi connectivity index (χ3n) is 3.20. The molecule has 0 bridgehead atoms. The summed E-state index contributed by atoms with van der Waals surface area (Å²) in [5.41, 5.74) is 0.489. The second kappa shape index (κ2) is 4.97. The number of carbonyl (C=O) groups excluding carboxylic acids is 1. The zero-order valence-electron chi connectivity index (χ0n) is 10.9. The quantitative estimate of drug-likeness (QED) is 0.527. The molecule has 15 heavy (non-hydrogen) atoms. The number of hydrogen-bond acceptors (Lipinski definition) is 2. The van der Waals surface area contributed by atoms with Crippen LogP contribution in [-0.4, -0.2) is 14.3 Å². The summed E-state index contributed by atoms with van der Waals surface area (Å²) in [4.78, 5) is 11.5. The van der Waals surface area contributed by atoms with Gasteiger partial charge in [0.05, 0.1) is 0 Å². The molecule has 0 aliphatic rings. The first kappa shape index (κ1) is 14.4. The molecule has 0 aliphatic carbocycles. The predicted octanol–water partition coefficient (Wildman–Crippen LogP) is 3.89. The molecule has 0 heterocycles. The van der Waals surface area contributed by atoms with E-state index in [0.717, 1.165) is 12.8 Å². The maximum absolute atomic E-state index is 11.5. The van der Waals surface area contributed by atoms with Crippen LogP contribution in [0.25, 0.3) is 0 Å². The van der Waals surface area contributed by atoms with Gasteiger partial charge in [-0.15, -0.1) is 0 Å². The summed E-state index contributed by atoms with van der Waals surface area (Å²) in [6, 6.07) is 0. The Balaban J connectivity index is 4.67. The smallest absolute Gasteiger partial charge is 0.319 e. The van der Waals surface area contributed by atoms with Crippen LogP contribution >= 0.6 is 0 Å². The lowest BCUT2D eigenvalue weighted by atomic mass is 10.1. The highest BCUT2D eigenvalue weighted by atomic mass is 28.4. The van der Waals surface area contributed by atoms with Crippen LogP contribution in [0.5, 0.6) is 0 Å². The van der Waals surface area contributed by atoms with Crippen molar-refractivity contribution in [3.05, 3.63) is 12.2 Å². The molecule has 0 rings (SSSR count). The van der Waals surface area contributed by atoms with Gasteiger partial charge in [0.1, 0.15) is 0 Å². The molecule has 0 aromatic heterocycles. The van der Waals surface area contributed by atoms with E-state index >= 15 is 0 Å². The topological polar surface area (TPSA) is 26.3 Å². The molecule has 0 spiro atoms. The van der Waals surface area contributed by atoms with E-state index in [1.807, 2.05) is 0 Å². The van der Waals surface area contributed by atoms with Gasteiger partial charge in [-0.2, -0.15) is 0 Å². The Morgan fingerprint density at radius 2 is 1.87 bits per heavy atom. The van der Waals surface area contributed by atoms with Crippen molar-refractivity contribution in [3.63, 3.8) is 0 Å². The van der Waals surface area contributed by atoms with Crippen molar-refractivity contribution in [2.75, 3.05) is 0 Å². The van der Waals surface area contributed by atoms with Crippen molar-refractivity contribution in [2.45, 2.75) is 58.7 Å². The summed E-state index contributed by atoms with van der Waals surface area (Å²) in [7, 11) is -1.99. The second-order valence-corrected chi connectivity index (χ2v) is 9.89. The monoisotopic (exact) mass is 228 g/mol. The standard InChI is InChI=1S/C12H24O2Si/c1-8-9-12(4,5)15(6,7)14-11(13)10(2)3/h2,8-9H2,1,3-7H3. The van der Waals surface area contributed by atoms with Crippen molar-refractivity contribution in [2.24, 2.45) is 0 Å². The van der Waals surface area contributed by atoms with Gasteiger partial charge in [-0.05, 0) is 31.5 Å². The lowest BCUT2D eigenvalue weighted by molar-refractivity contribution is -0.131. The van der Waals surface area contributed by atoms with Gasteiger partial charge in [-0.25, -0.2) is 4.79 Å². The summed E-state index contributed by atoms with van der Waals surface area (Å²) in [5, 5.41) is 0.118. The zero-order chi connectivity index (χ0) is 12.3. The van der Waals surface area contributed by atoms with E-state index in [2.05, 4.69) is 40.4 Å². The maximum atomic E-state index is 11.5. The Bertz CT molecular complexity index is 254. The Kier molecular flexibility index (Phi) is 4.78. The lowest BCUT2D eigenvalue weighted by Crippen LogP contribution is -2.44. The van der Waals surface area contributed by atoms with Gasteiger partial charge in [0.2, 0.25) is 0 Å². The van der Waals surface area contributed by atoms with E-state index in [0.29, 0.717) is 5.57 Å². The Hall–Kier alpha value is -0.573. The fraction of sp³-hybridized carbons (Fsp3) is 0.750. The Morgan fingerprint density at radius 1 is 1.40 bits per heavy atom. The molecule has 0 atom stereocenters. The summed E-state index contributed by atoms with van der Waals surface area (Å²) in [5.74, 6) is -0.240. The molecular formula is C12H24O2Si. The first-order chi connectivity index (χ1) is 6.64. The van der Waals surface area contributed by atoms with Gasteiger partial charge in [-0.1, -0.05) is 33.8 Å². The SMILES string of the molecule is C=C(C)C(=O)O[Si](C)(C)C(C)(C)CCC. The van der Waals surface area contributed by atoms with Crippen LogP contribution in [0.2, 0.25) is 18.1 Å². The minimum atomic E-state index is -1.99. The summed E-state index contributed by atoms with van der Waals surface area (Å²) < 4.78 is 5.62. The lowest BCUT2D eigenvalue weighted by Gasteiger charge is -2.38. The van der Waals surface area contributed by atoms with Crippen molar-refractivity contribution in [1.29, 1.82) is 0 Å². The second-order valence-electron chi connectivity index (χ2n) is 5.31. The highest BCUT2D eigenvalue weighted by Gasteiger charge is 2.43. The molecule has 0 aliphatic heterocycles. The largest absolute Gasteiger partial charge is 0.516 e. The first-order valence-corrected chi connectivity index (χ1v) is 8.43. The van der Waals surface area contributed by atoms with Gasteiger partial charge in [0, 0.05) is 5.57 Å². The first-order valence-electron chi connectivity index (χ1n) is 5.53. The van der Waals surface area contributed by atoms with Crippen LogP contribution in [-0.2, 0) is 9.22 Å². The number of carbonyl (C=O) groups is 1. The van der Waals surface area contributed by atoms with Crippen LogP contribution in [0.15, 0.2) is 12.2 Å². The van der Waals surface area contributed by atoms with Crippen molar-refractivity contribution in [3.8, 4) is 0 Å². The summed E-state index contributed by atoms with van der Waals surface area (Å²) in [6.07, 6.45) is 2.21. The third kappa shape index (κ3) is 3.82. The molecule has 0 radical (unpaired) electrons. The molecule has 0 unspecified atom stereocenters. The predicted molar refractivity (Wildman–Crippen MR) is 67.3 cm³/mol. The van der Waals surface area contributed by atoms with Gasteiger partial charge >= 0.3 is 5.97 Å². The van der Waals surface area contributed by atoms with Crippen LogP contribution in [0, 0.1) is 0 Å². The molecular weight excluding hydrogens is 204 g/mol. The van der Waals surface area contributed by atoms with Crippen molar-refractivity contribution in [1.82, 2.24) is 0 Å². The fourth-order valence-electron chi connectivity index (χ4n) is 1.38. The highest BCUT2D eigenvalue weighted by molar-refractivity contribution is 6.75. The van der Waals surface area contributed by atoms with Gasteiger partial charge in [0.25, 0.3) is 8.32 Å². The average molecular weight is 228 g/mol. The van der Waals surface area contributed by atoms with Crippen LogP contribution in [0.3, 0.4) is 0 Å². The normalized spacial score (nSPS) is 12.4. The summed E-state index contributed by atoms with van der Waals surface area (Å²) in [6.45, 7) is 16.0. The van der Waals surface area contributed by atoms with Gasteiger partial charge in [-0.3, -0.25) is 0 Å². The Morgan fingerprint density at radius 3 is 2.20 bits per heavy atom. The van der Waals surface area contributed by atoms with E-state index in [1.165, 1.54) is 0 Å². The molecule has 0 fully saturated rings. The van der Waals surface area contributed by atoms with E-state index in [9.17, 15) is 4.79 Å². The minimum absolute atomic E-state index is 0.118. The number of hydrogen-bond donors (Lipinski definition) is 0. The van der Waals surface area contributed by atoms with Crippen molar-refractivity contribution >= 4 is 14.3 Å². The molecule has 0 aromatic carbocycles. The van der Waals surface area contributed by atoms with Gasteiger partial charge < -0.3 is 4.43 Å². The van der Waals surface area contributed by atoms with E-state index in [1.54, 1.807) is 6.92 Å². The van der Waals surface area contributed by atoms with E-state index < -0.39 is 8.32 Å². The number of rotatable bonds is 5.